The number of benzene rings is 1. The van der Waals surface area contributed by atoms with E-state index in [2.05, 4.69) is 23.3 Å². The Morgan fingerprint density at radius 1 is 1.35 bits per heavy atom. The summed E-state index contributed by atoms with van der Waals surface area (Å²) in [7, 11) is -0.382. The van der Waals surface area contributed by atoms with Gasteiger partial charge in [0.05, 0.1) is 22.5 Å². The zero-order chi connectivity index (χ0) is 19.1. The topological polar surface area (TPSA) is 84.5 Å². The van der Waals surface area contributed by atoms with E-state index in [-0.39, 0.29) is 10.3 Å². The lowest BCUT2D eigenvalue weighted by Gasteiger charge is -2.22. The summed E-state index contributed by atoms with van der Waals surface area (Å²) < 4.78 is 28.2. The van der Waals surface area contributed by atoms with E-state index in [0.29, 0.717) is 6.54 Å². The van der Waals surface area contributed by atoms with Crippen molar-refractivity contribution in [2.45, 2.75) is 38.3 Å². The molecule has 1 atom stereocenters. The van der Waals surface area contributed by atoms with Crippen molar-refractivity contribution in [3.05, 3.63) is 24.0 Å². The van der Waals surface area contributed by atoms with Gasteiger partial charge in [-0.1, -0.05) is 6.92 Å². The fraction of sp³-hybridized carbons (Fsp3) is 0.611. The van der Waals surface area contributed by atoms with Crippen molar-refractivity contribution in [2.24, 2.45) is 11.1 Å². The van der Waals surface area contributed by atoms with E-state index < -0.39 is 10.0 Å². The Morgan fingerprint density at radius 2 is 2.08 bits per heavy atom. The van der Waals surface area contributed by atoms with E-state index in [1.165, 1.54) is 18.4 Å². The fourth-order valence-electron chi connectivity index (χ4n) is 3.63. The van der Waals surface area contributed by atoms with Crippen molar-refractivity contribution in [3.63, 3.8) is 0 Å². The minimum absolute atomic E-state index is 0.177. The molecule has 0 bridgehead atoms. The highest BCUT2D eigenvalue weighted by Gasteiger charge is 2.33. The number of hydrogen-bond acceptors (Lipinski definition) is 5. The molecule has 26 heavy (non-hydrogen) atoms. The lowest BCUT2D eigenvalue weighted by Crippen LogP contribution is -2.31. The third-order valence-corrected chi connectivity index (χ3v) is 7.20. The molecule has 0 spiro atoms. The van der Waals surface area contributed by atoms with Crippen LogP contribution in [0.15, 0.2) is 23.1 Å². The van der Waals surface area contributed by atoms with E-state index in [9.17, 15) is 8.42 Å². The van der Waals surface area contributed by atoms with Crippen LogP contribution in [0.3, 0.4) is 0 Å². The van der Waals surface area contributed by atoms with Crippen molar-refractivity contribution in [1.82, 2.24) is 18.8 Å². The minimum atomic E-state index is -3.46. The third kappa shape index (κ3) is 3.38. The Kier molecular flexibility index (Phi) is 5.13. The molecule has 3 rings (SSSR count). The zero-order valence-corrected chi connectivity index (χ0v) is 16.9. The molecule has 1 fully saturated rings. The smallest absolute Gasteiger partial charge is 0.242 e. The van der Waals surface area contributed by atoms with Crippen LogP contribution in [0, 0.1) is 5.41 Å². The van der Waals surface area contributed by atoms with Crippen LogP contribution in [0.2, 0.25) is 0 Å². The first-order valence-electron chi connectivity index (χ1n) is 9.04. The summed E-state index contributed by atoms with van der Waals surface area (Å²) in [6, 6.07) is 5.20. The molecule has 0 saturated carbocycles. The standard InChI is InChI=1S/C18H29N5O2S/c1-5-23-16-7-6-14(26(24,25)21(3)4)10-15(16)20-17(23)11-22-9-8-18(2,12-19)13-22/h6-7,10H,5,8-9,11-13,19H2,1-4H3. The van der Waals surface area contributed by atoms with Gasteiger partial charge in [0.2, 0.25) is 10.0 Å². The van der Waals surface area contributed by atoms with Crippen LogP contribution < -0.4 is 5.73 Å². The van der Waals surface area contributed by atoms with Crippen LogP contribution in [-0.2, 0) is 23.1 Å². The van der Waals surface area contributed by atoms with Gasteiger partial charge in [0.25, 0.3) is 0 Å². The Hall–Kier alpha value is -1.48. The maximum Gasteiger partial charge on any atom is 0.242 e. The first kappa shape index (κ1) is 19.3. The summed E-state index contributed by atoms with van der Waals surface area (Å²) in [5, 5.41) is 0. The van der Waals surface area contributed by atoms with E-state index in [4.69, 9.17) is 10.7 Å². The number of sulfonamides is 1. The molecule has 144 valence electrons. The van der Waals surface area contributed by atoms with Gasteiger partial charge < -0.3 is 10.3 Å². The van der Waals surface area contributed by atoms with E-state index in [1.807, 2.05) is 6.07 Å². The molecule has 2 aromatic rings. The molecule has 1 aliphatic heterocycles. The largest absolute Gasteiger partial charge is 0.330 e. The minimum Gasteiger partial charge on any atom is -0.330 e. The first-order valence-corrected chi connectivity index (χ1v) is 10.5. The molecule has 1 aromatic carbocycles. The molecule has 0 radical (unpaired) electrons. The highest BCUT2D eigenvalue weighted by Crippen LogP contribution is 2.30. The van der Waals surface area contributed by atoms with Crippen molar-refractivity contribution in [3.8, 4) is 0 Å². The van der Waals surface area contributed by atoms with E-state index in [1.54, 1.807) is 12.1 Å². The Labute approximate surface area is 155 Å². The van der Waals surface area contributed by atoms with Gasteiger partial charge in [0.1, 0.15) is 5.82 Å². The number of nitrogens with two attached hydrogens (primary N) is 1. The molecule has 0 amide bonds. The van der Waals surface area contributed by atoms with Crippen LogP contribution in [0.4, 0.5) is 0 Å². The Morgan fingerprint density at radius 3 is 2.65 bits per heavy atom. The summed E-state index contributed by atoms with van der Waals surface area (Å²) in [4.78, 5) is 7.42. The predicted molar refractivity (Wildman–Crippen MR) is 103 cm³/mol. The predicted octanol–water partition coefficient (Wildman–Crippen LogP) is 1.48. The SMILES string of the molecule is CCn1c(CN2CCC(C)(CN)C2)nc2cc(S(=O)(=O)N(C)C)ccc21. The summed E-state index contributed by atoms with van der Waals surface area (Å²) in [6.07, 6.45) is 1.10. The summed E-state index contributed by atoms with van der Waals surface area (Å²) in [6.45, 7) is 8.55. The molecule has 1 saturated heterocycles. The first-order chi connectivity index (χ1) is 12.2. The van der Waals surface area contributed by atoms with Gasteiger partial charge in [0.15, 0.2) is 0 Å². The highest BCUT2D eigenvalue weighted by molar-refractivity contribution is 7.89. The zero-order valence-electron chi connectivity index (χ0n) is 16.1. The molecule has 1 aliphatic rings. The molecule has 2 N–H and O–H groups in total. The molecule has 0 aliphatic carbocycles. The molecule has 1 aromatic heterocycles. The Bertz CT molecular complexity index is 906. The monoisotopic (exact) mass is 379 g/mol. The van der Waals surface area contributed by atoms with Crippen molar-refractivity contribution in [1.29, 1.82) is 0 Å². The van der Waals surface area contributed by atoms with Crippen LogP contribution in [-0.4, -0.2) is 60.9 Å². The van der Waals surface area contributed by atoms with Crippen LogP contribution >= 0.6 is 0 Å². The van der Waals surface area contributed by atoms with Gasteiger partial charge in [-0.25, -0.2) is 17.7 Å². The van der Waals surface area contributed by atoms with Crippen molar-refractivity contribution in [2.75, 3.05) is 33.7 Å². The number of imidazole rings is 1. The van der Waals surface area contributed by atoms with Crippen molar-refractivity contribution < 1.29 is 8.42 Å². The number of fused-ring (bicyclic) bond motifs is 1. The van der Waals surface area contributed by atoms with Crippen LogP contribution in [0.1, 0.15) is 26.1 Å². The van der Waals surface area contributed by atoms with Gasteiger partial charge >= 0.3 is 0 Å². The average molecular weight is 380 g/mol. The summed E-state index contributed by atoms with van der Waals surface area (Å²) in [5.74, 6) is 0.975. The van der Waals surface area contributed by atoms with Crippen LogP contribution in [0.5, 0.6) is 0 Å². The number of rotatable bonds is 6. The average Bonchev–Trinajstić information content (AvgIpc) is 3.14. The fourth-order valence-corrected chi connectivity index (χ4v) is 4.55. The molecular weight excluding hydrogens is 350 g/mol. The molecular formula is C18H29N5O2S. The second kappa shape index (κ2) is 6.92. The highest BCUT2D eigenvalue weighted by atomic mass is 32.2. The second-order valence-electron chi connectivity index (χ2n) is 7.69. The molecule has 1 unspecified atom stereocenters. The van der Waals surface area contributed by atoms with Crippen molar-refractivity contribution >= 4 is 21.1 Å². The van der Waals surface area contributed by atoms with E-state index >= 15 is 0 Å². The molecule has 7 nitrogen and oxygen atoms in total. The maximum absolute atomic E-state index is 12.4. The molecule has 8 heteroatoms. The van der Waals surface area contributed by atoms with Gasteiger partial charge in [-0.3, -0.25) is 4.90 Å². The number of aromatic nitrogens is 2. The maximum atomic E-state index is 12.4. The summed E-state index contributed by atoms with van der Waals surface area (Å²) in [5.41, 5.74) is 7.79. The number of likely N-dealkylation sites (tertiary alicyclic amines) is 1. The van der Waals surface area contributed by atoms with Gasteiger partial charge in [-0.15, -0.1) is 0 Å². The van der Waals surface area contributed by atoms with Gasteiger partial charge in [-0.05, 0) is 50.0 Å². The van der Waals surface area contributed by atoms with Gasteiger partial charge in [-0.2, -0.15) is 0 Å². The summed E-state index contributed by atoms with van der Waals surface area (Å²) >= 11 is 0. The lowest BCUT2D eigenvalue weighted by molar-refractivity contribution is 0.267. The third-order valence-electron chi connectivity index (χ3n) is 5.39. The number of nitrogens with zero attached hydrogens (tertiary/aromatic N) is 4. The molecule has 2 heterocycles. The normalized spacial score (nSPS) is 21.9. The number of aryl methyl sites for hydroxylation is 1. The lowest BCUT2D eigenvalue weighted by atomic mass is 9.90. The second-order valence-corrected chi connectivity index (χ2v) is 9.84. The Balaban J connectivity index is 1.94. The van der Waals surface area contributed by atoms with Gasteiger partial charge in [0, 0.05) is 27.2 Å². The quantitative estimate of drug-likeness (QED) is 0.822. The van der Waals surface area contributed by atoms with E-state index in [0.717, 1.165) is 49.5 Å². The van der Waals surface area contributed by atoms with Crippen LogP contribution in [0.25, 0.3) is 11.0 Å². The number of hydrogen-bond donors (Lipinski definition) is 1.